The van der Waals surface area contributed by atoms with Crippen LogP contribution in [-0.4, -0.2) is 41.5 Å². The lowest BCUT2D eigenvalue weighted by Gasteiger charge is -2.31. The van der Waals surface area contributed by atoms with E-state index >= 15 is 0 Å². The summed E-state index contributed by atoms with van der Waals surface area (Å²) in [6, 6.07) is 11.3. The van der Waals surface area contributed by atoms with Crippen LogP contribution in [0.5, 0.6) is 11.5 Å². The van der Waals surface area contributed by atoms with Gasteiger partial charge in [0.05, 0.1) is 30.9 Å². The fraction of sp³-hybridized carbons (Fsp3) is 0.360. The molecule has 1 aliphatic heterocycles. The maximum absolute atomic E-state index is 13.3. The van der Waals surface area contributed by atoms with Crippen molar-refractivity contribution in [1.29, 1.82) is 0 Å². The first-order valence-corrected chi connectivity index (χ1v) is 11.2. The van der Waals surface area contributed by atoms with Gasteiger partial charge in [0.1, 0.15) is 17.3 Å². The molecule has 1 saturated carbocycles. The molecule has 2 aromatic carbocycles. The minimum Gasteiger partial charge on any atom is -0.507 e. The SMILES string of the molecule is CCOc1cccc(C2/C(=C(\O)c3cc(Cl)ccc3OC)C(=O)C(=O)N2C2CCCC2)c1. The normalized spacial score (nSPS) is 20.7. The minimum atomic E-state index is -0.720. The van der Waals surface area contributed by atoms with Crippen LogP contribution >= 0.6 is 11.6 Å². The summed E-state index contributed by atoms with van der Waals surface area (Å²) in [6.45, 7) is 2.38. The van der Waals surface area contributed by atoms with Gasteiger partial charge in [0, 0.05) is 11.1 Å². The van der Waals surface area contributed by atoms with Gasteiger partial charge in [-0.15, -0.1) is 0 Å². The smallest absolute Gasteiger partial charge is 0.295 e. The van der Waals surface area contributed by atoms with Crippen molar-refractivity contribution in [1.82, 2.24) is 4.90 Å². The van der Waals surface area contributed by atoms with E-state index in [-0.39, 0.29) is 22.9 Å². The molecule has 7 heteroatoms. The maximum atomic E-state index is 13.3. The summed E-state index contributed by atoms with van der Waals surface area (Å²) in [6.07, 6.45) is 3.66. The summed E-state index contributed by atoms with van der Waals surface area (Å²) < 4.78 is 11.0. The fourth-order valence-corrected chi connectivity index (χ4v) is 4.86. The highest BCUT2D eigenvalue weighted by molar-refractivity contribution is 6.46. The van der Waals surface area contributed by atoms with E-state index in [9.17, 15) is 14.7 Å². The molecule has 1 saturated heterocycles. The lowest BCUT2D eigenvalue weighted by atomic mass is 9.94. The predicted octanol–water partition coefficient (Wildman–Crippen LogP) is 5.11. The van der Waals surface area contributed by atoms with Crippen LogP contribution in [0.15, 0.2) is 48.0 Å². The average molecular weight is 456 g/mol. The Hall–Kier alpha value is -2.99. The van der Waals surface area contributed by atoms with Crippen molar-refractivity contribution in [2.45, 2.75) is 44.7 Å². The average Bonchev–Trinajstić information content (AvgIpc) is 3.40. The summed E-state index contributed by atoms with van der Waals surface area (Å²) >= 11 is 6.16. The molecule has 1 amide bonds. The third-order valence-electron chi connectivity index (χ3n) is 6.10. The first kappa shape index (κ1) is 22.2. The number of methoxy groups -OCH3 is 1. The third kappa shape index (κ3) is 3.95. The number of aliphatic hydroxyl groups excluding tert-OH is 1. The number of nitrogens with zero attached hydrogens (tertiary/aromatic N) is 1. The van der Waals surface area contributed by atoms with Crippen LogP contribution < -0.4 is 9.47 Å². The van der Waals surface area contributed by atoms with E-state index in [1.54, 1.807) is 17.0 Å². The molecule has 1 aliphatic carbocycles. The molecule has 2 aliphatic rings. The first-order valence-electron chi connectivity index (χ1n) is 10.8. The molecule has 1 atom stereocenters. The number of likely N-dealkylation sites (tertiary alicyclic amines) is 1. The molecule has 2 fully saturated rings. The van der Waals surface area contributed by atoms with Crippen LogP contribution in [0.4, 0.5) is 0 Å². The summed E-state index contributed by atoms with van der Waals surface area (Å²) in [7, 11) is 1.47. The zero-order valence-corrected chi connectivity index (χ0v) is 18.9. The molecular weight excluding hydrogens is 430 g/mol. The monoisotopic (exact) mass is 455 g/mol. The third-order valence-corrected chi connectivity index (χ3v) is 6.33. The van der Waals surface area contributed by atoms with Gasteiger partial charge in [-0.1, -0.05) is 36.6 Å². The van der Waals surface area contributed by atoms with Gasteiger partial charge in [0.2, 0.25) is 0 Å². The van der Waals surface area contributed by atoms with E-state index in [1.807, 2.05) is 31.2 Å². The van der Waals surface area contributed by atoms with Crippen LogP contribution in [0.3, 0.4) is 0 Å². The Bertz CT molecular complexity index is 1070. The van der Waals surface area contributed by atoms with Crippen molar-refractivity contribution in [2.24, 2.45) is 0 Å². The molecule has 2 aromatic rings. The Labute approximate surface area is 192 Å². The second-order valence-corrected chi connectivity index (χ2v) is 8.43. The van der Waals surface area contributed by atoms with Crippen molar-refractivity contribution in [2.75, 3.05) is 13.7 Å². The van der Waals surface area contributed by atoms with E-state index in [2.05, 4.69) is 0 Å². The van der Waals surface area contributed by atoms with E-state index in [0.29, 0.717) is 28.7 Å². The van der Waals surface area contributed by atoms with Gasteiger partial charge in [0.25, 0.3) is 11.7 Å². The Balaban J connectivity index is 1.92. The molecule has 4 rings (SSSR count). The number of halogens is 1. The highest BCUT2D eigenvalue weighted by Gasteiger charge is 2.49. The Morgan fingerprint density at radius 1 is 1.16 bits per heavy atom. The number of rotatable bonds is 6. The standard InChI is InChI=1S/C25H26ClNO5/c1-3-32-18-10-6-7-15(13-18)22-21(23(28)19-14-16(26)11-12-20(19)31-2)24(29)25(30)27(22)17-8-4-5-9-17/h6-7,10-14,17,22,28H,3-5,8-9H2,1-2H3/b23-21+. The quantitative estimate of drug-likeness (QED) is 0.372. The van der Waals surface area contributed by atoms with Gasteiger partial charge in [0.15, 0.2) is 0 Å². The lowest BCUT2D eigenvalue weighted by molar-refractivity contribution is -0.141. The van der Waals surface area contributed by atoms with Crippen molar-refractivity contribution >= 4 is 29.1 Å². The highest BCUT2D eigenvalue weighted by atomic mass is 35.5. The van der Waals surface area contributed by atoms with Crippen LogP contribution in [0, 0.1) is 0 Å². The molecule has 0 radical (unpaired) electrons. The minimum absolute atomic E-state index is 0.0381. The maximum Gasteiger partial charge on any atom is 0.295 e. The number of carbonyl (C=O) groups excluding carboxylic acids is 2. The van der Waals surface area contributed by atoms with Gasteiger partial charge in [-0.05, 0) is 55.7 Å². The summed E-state index contributed by atoms with van der Waals surface area (Å²) in [4.78, 5) is 28.1. The molecule has 0 aromatic heterocycles. The topological polar surface area (TPSA) is 76.1 Å². The number of amides is 1. The number of benzene rings is 2. The van der Waals surface area contributed by atoms with Crippen LogP contribution in [0.2, 0.25) is 5.02 Å². The molecule has 1 unspecified atom stereocenters. The van der Waals surface area contributed by atoms with E-state index in [0.717, 1.165) is 25.7 Å². The number of hydrogen-bond donors (Lipinski definition) is 1. The Kier molecular flexibility index (Phi) is 6.42. The second kappa shape index (κ2) is 9.25. The fourth-order valence-electron chi connectivity index (χ4n) is 4.69. The summed E-state index contributed by atoms with van der Waals surface area (Å²) in [5, 5.41) is 11.7. The Morgan fingerprint density at radius 2 is 1.91 bits per heavy atom. The van der Waals surface area contributed by atoms with Gasteiger partial charge >= 0.3 is 0 Å². The molecule has 32 heavy (non-hydrogen) atoms. The number of ketones is 1. The number of aliphatic hydroxyl groups is 1. The van der Waals surface area contributed by atoms with Gasteiger partial charge in [-0.2, -0.15) is 0 Å². The summed E-state index contributed by atoms with van der Waals surface area (Å²) in [5.41, 5.74) is 1.02. The first-order chi connectivity index (χ1) is 15.5. The van der Waals surface area contributed by atoms with Crippen molar-refractivity contribution in [3.63, 3.8) is 0 Å². The highest BCUT2D eigenvalue weighted by Crippen LogP contribution is 2.45. The van der Waals surface area contributed by atoms with E-state index in [4.69, 9.17) is 21.1 Å². The van der Waals surface area contributed by atoms with Crippen molar-refractivity contribution in [3.8, 4) is 11.5 Å². The number of carbonyl (C=O) groups is 2. The second-order valence-electron chi connectivity index (χ2n) is 7.99. The molecule has 168 valence electrons. The van der Waals surface area contributed by atoms with Crippen LogP contribution in [-0.2, 0) is 9.59 Å². The van der Waals surface area contributed by atoms with Gasteiger partial charge in [-0.3, -0.25) is 9.59 Å². The predicted molar refractivity (Wildman–Crippen MR) is 122 cm³/mol. The Morgan fingerprint density at radius 3 is 2.59 bits per heavy atom. The van der Waals surface area contributed by atoms with Gasteiger partial charge in [-0.25, -0.2) is 0 Å². The molecule has 1 heterocycles. The summed E-state index contributed by atoms with van der Waals surface area (Å²) in [5.74, 6) is -0.590. The van der Waals surface area contributed by atoms with Crippen LogP contribution in [0.25, 0.3) is 5.76 Å². The van der Waals surface area contributed by atoms with Crippen molar-refractivity contribution in [3.05, 3.63) is 64.2 Å². The van der Waals surface area contributed by atoms with Gasteiger partial charge < -0.3 is 19.5 Å². The molecular formula is C25H26ClNO5. The molecule has 6 nitrogen and oxygen atoms in total. The molecule has 0 bridgehead atoms. The zero-order valence-electron chi connectivity index (χ0n) is 18.1. The van der Waals surface area contributed by atoms with Crippen LogP contribution in [0.1, 0.15) is 49.8 Å². The molecule has 1 N–H and O–H groups in total. The van der Waals surface area contributed by atoms with Crippen molar-refractivity contribution < 1.29 is 24.2 Å². The zero-order chi connectivity index (χ0) is 22.8. The van der Waals surface area contributed by atoms with E-state index < -0.39 is 17.7 Å². The number of ether oxygens (including phenoxy) is 2. The number of Topliss-reactive ketones (excluding diaryl/α,β-unsaturated/α-hetero) is 1. The lowest BCUT2D eigenvalue weighted by Crippen LogP contribution is -2.37. The van der Waals surface area contributed by atoms with E-state index in [1.165, 1.54) is 13.2 Å². The molecule has 0 spiro atoms. The number of hydrogen-bond acceptors (Lipinski definition) is 5. The largest absolute Gasteiger partial charge is 0.507 e.